The highest BCUT2D eigenvalue weighted by molar-refractivity contribution is 6.32. The van der Waals surface area contributed by atoms with Crippen LogP contribution in [0, 0.1) is 5.92 Å². The highest BCUT2D eigenvalue weighted by atomic mass is 35.5. The van der Waals surface area contributed by atoms with E-state index in [0.717, 1.165) is 11.1 Å². The van der Waals surface area contributed by atoms with E-state index in [1.165, 1.54) is 0 Å². The number of carbonyl (C=O) groups is 2. The molecule has 0 saturated heterocycles. The Morgan fingerprint density at radius 1 is 1.10 bits per heavy atom. The third-order valence-corrected chi connectivity index (χ3v) is 5.04. The van der Waals surface area contributed by atoms with Gasteiger partial charge in [-0.25, -0.2) is 0 Å². The van der Waals surface area contributed by atoms with Crippen LogP contribution >= 0.6 is 11.6 Å². The highest BCUT2D eigenvalue weighted by Gasteiger charge is 2.23. The van der Waals surface area contributed by atoms with Gasteiger partial charge in [-0.3, -0.25) is 9.59 Å². The molecule has 0 aliphatic carbocycles. The molecule has 0 bridgehead atoms. The fourth-order valence-electron chi connectivity index (χ4n) is 3.20. The largest absolute Gasteiger partial charge is 0.494 e. The van der Waals surface area contributed by atoms with E-state index in [1.54, 1.807) is 25.2 Å². The Morgan fingerprint density at radius 3 is 2.29 bits per heavy atom. The van der Waals surface area contributed by atoms with Gasteiger partial charge in [0.1, 0.15) is 11.5 Å². The number of hydrogen-bond acceptors (Lipinski definition) is 4. The van der Waals surface area contributed by atoms with Gasteiger partial charge in [0, 0.05) is 30.5 Å². The van der Waals surface area contributed by atoms with E-state index in [2.05, 4.69) is 11.9 Å². The van der Waals surface area contributed by atoms with Crippen LogP contribution < -0.4 is 10.1 Å². The number of carbonyl (C=O) groups excluding carboxylic acids is 2. The number of amides is 1. The zero-order chi connectivity index (χ0) is 23.0. The van der Waals surface area contributed by atoms with Crippen molar-refractivity contribution in [2.24, 2.45) is 5.92 Å². The van der Waals surface area contributed by atoms with Crippen LogP contribution in [0.2, 0.25) is 5.02 Å². The Labute approximate surface area is 189 Å². The Bertz CT molecular complexity index is 922. The van der Waals surface area contributed by atoms with Crippen LogP contribution in [0.1, 0.15) is 48.7 Å². The van der Waals surface area contributed by atoms with E-state index in [1.807, 2.05) is 45.0 Å². The summed E-state index contributed by atoms with van der Waals surface area (Å²) in [5.41, 5.74) is 2.29. The molecule has 0 saturated carbocycles. The zero-order valence-corrected chi connectivity index (χ0v) is 19.3. The maximum Gasteiger partial charge on any atom is 0.223 e. The third kappa shape index (κ3) is 7.14. The van der Waals surface area contributed by atoms with Crippen LogP contribution in [0.3, 0.4) is 0 Å². The van der Waals surface area contributed by atoms with Crippen molar-refractivity contribution < 1.29 is 19.1 Å². The second-order valence-electron chi connectivity index (χ2n) is 7.51. The van der Waals surface area contributed by atoms with E-state index in [9.17, 15) is 9.59 Å². The lowest BCUT2D eigenvalue weighted by Gasteiger charge is -2.16. The molecule has 0 heterocycles. The molecule has 166 valence electrons. The number of benzene rings is 2. The van der Waals surface area contributed by atoms with E-state index in [0.29, 0.717) is 35.1 Å². The zero-order valence-electron chi connectivity index (χ0n) is 18.5. The topological polar surface area (TPSA) is 64.6 Å². The van der Waals surface area contributed by atoms with E-state index < -0.39 is 5.92 Å². The highest BCUT2D eigenvalue weighted by Crippen LogP contribution is 2.28. The van der Waals surface area contributed by atoms with Crippen LogP contribution in [0.25, 0.3) is 5.76 Å². The van der Waals surface area contributed by atoms with Crippen molar-refractivity contribution in [1.82, 2.24) is 5.32 Å². The summed E-state index contributed by atoms with van der Waals surface area (Å²) in [5, 5.41) is 3.04. The van der Waals surface area contributed by atoms with Crippen LogP contribution in [-0.4, -0.2) is 31.4 Å². The standard InChI is InChI=1S/C25H30ClNO4/c1-6-30-17(4)19-9-7-18(8-10-19)13-21(25(29)27-5)15-23(28)20-11-12-24(22(26)14-20)31-16(2)3/h7-12,14,16,21H,4,6,13,15H2,1-3,5H3,(H,27,29). The average Bonchev–Trinajstić information content (AvgIpc) is 2.74. The second kappa shape index (κ2) is 11.6. The molecule has 0 radical (unpaired) electrons. The normalized spacial score (nSPS) is 11.7. The van der Waals surface area contributed by atoms with Gasteiger partial charge in [-0.1, -0.05) is 42.4 Å². The molecule has 0 fully saturated rings. The SMILES string of the molecule is C=C(OCC)c1ccc(CC(CC(=O)c2ccc(OC(C)C)c(Cl)c2)C(=O)NC)cc1. The summed E-state index contributed by atoms with van der Waals surface area (Å²) in [6.45, 7) is 10.2. The smallest absolute Gasteiger partial charge is 0.223 e. The fraction of sp³-hybridized carbons (Fsp3) is 0.360. The number of nitrogens with one attached hydrogen (secondary N) is 1. The minimum Gasteiger partial charge on any atom is -0.494 e. The monoisotopic (exact) mass is 443 g/mol. The summed E-state index contributed by atoms with van der Waals surface area (Å²) in [5.74, 6) is 0.317. The number of Topliss-reactive ketones (excluding diaryl/α,β-unsaturated/α-hetero) is 1. The predicted octanol–water partition coefficient (Wildman–Crippen LogP) is 5.31. The van der Waals surface area contributed by atoms with Crippen LogP contribution in [0.15, 0.2) is 49.0 Å². The van der Waals surface area contributed by atoms with Gasteiger partial charge in [0.2, 0.25) is 5.91 Å². The lowest BCUT2D eigenvalue weighted by atomic mass is 9.91. The van der Waals surface area contributed by atoms with Gasteiger partial charge in [0.15, 0.2) is 5.78 Å². The van der Waals surface area contributed by atoms with Crippen molar-refractivity contribution in [3.05, 3.63) is 70.8 Å². The van der Waals surface area contributed by atoms with Crippen LogP contribution in [0.5, 0.6) is 5.75 Å². The van der Waals surface area contributed by atoms with Crippen LogP contribution in [0.4, 0.5) is 0 Å². The van der Waals surface area contributed by atoms with E-state index in [4.69, 9.17) is 21.1 Å². The summed E-state index contributed by atoms with van der Waals surface area (Å²) in [7, 11) is 1.57. The predicted molar refractivity (Wildman–Crippen MR) is 125 cm³/mol. The molecule has 1 atom stereocenters. The Balaban J connectivity index is 2.12. The molecule has 2 aromatic rings. The molecule has 0 spiro atoms. The molecular weight excluding hydrogens is 414 g/mol. The minimum atomic E-state index is -0.496. The van der Waals surface area contributed by atoms with Crippen LogP contribution in [-0.2, 0) is 16.0 Å². The van der Waals surface area contributed by atoms with Gasteiger partial charge in [0.25, 0.3) is 0 Å². The number of ketones is 1. The molecule has 0 aliphatic heterocycles. The molecule has 2 rings (SSSR count). The first-order valence-electron chi connectivity index (χ1n) is 10.4. The third-order valence-electron chi connectivity index (χ3n) is 4.74. The van der Waals surface area contributed by atoms with Crippen molar-refractivity contribution in [2.75, 3.05) is 13.7 Å². The van der Waals surface area contributed by atoms with Gasteiger partial charge in [-0.2, -0.15) is 0 Å². The first-order valence-corrected chi connectivity index (χ1v) is 10.7. The maximum atomic E-state index is 12.9. The molecule has 6 heteroatoms. The first kappa shape index (κ1) is 24.5. The van der Waals surface area contributed by atoms with Crippen molar-refractivity contribution in [2.45, 2.75) is 39.7 Å². The molecule has 1 unspecified atom stereocenters. The molecule has 2 aromatic carbocycles. The number of ether oxygens (including phenoxy) is 2. The van der Waals surface area contributed by atoms with Crippen molar-refractivity contribution in [1.29, 1.82) is 0 Å². The maximum absolute atomic E-state index is 12.9. The summed E-state index contributed by atoms with van der Waals surface area (Å²) >= 11 is 6.26. The van der Waals surface area contributed by atoms with Gasteiger partial charge in [-0.15, -0.1) is 0 Å². The van der Waals surface area contributed by atoms with Gasteiger partial charge >= 0.3 is 0 Å². The molecule has 31 heavy (non-hydrogen) atoms. The van der Waals surface area contributed by atoms with Gasteiger partial charge < -0.3 is 14.8 Å². The number of rotatable bonds is 11. The van der Waals surface area contributed by atoms with E-state index in [-0.39, 0.29) is 24.2 Å². The van der Waals surface area contributed by atoms with Gasteiger partial charge in [-0.05, 0) is 51.0 Å². The Morgan fingerprint density at radius 2 is 1.74 bits per heavy atom. The molecule has 1 N–H and O–H groups in total. The van der Waals surface area contributed by atoms with Crippen molar-refractivity contribution in [3.8, 4) is 5.75 Å². The fourth-order valence-corrected chi connectivity index (χ4v) is 3.42. The summed E-state index contributed by atoms with van der Waals surface area (Å²) in [4.78, 5) is 25.3. The number of halogens is 1. The molecule has 0 aromatic heterocycles. The Kier molecular flexibility index (Phi) is 9.13. The first-order chi connectivity index (χ1) is 14.7. The van der Waals surface area contributed by atoms with Crippen molar-refractivity contribution >= 4 is 29.1 Å². The summed E-state index contributed by atoms with van der Waals surface area (Å²) in [6.07, 6.45) is 0.497. The lowest BCUT2D eigenvalue weighted by Crippen LogP contribution is -2.30. The minimum absolute atomic E-state index is 0.0197. The summed E-state index contributed by atoms with van der Waals surface area (Å²) in [6, 6.07) is 12.6. The quantitative estimate of drug-likeness (QED) is 0.377. The average molecular weight is 444 g/mol. The molecule has 1 amide bonds. The molecule has 0 aliphatic rings. The Hall–Kier alpha value is -2.79. The summed E-state index contributed by atoms with van der Waals surface area (Å²) < 4.78 is 11.0. The van der Waals surface area contributed by atoms with Gasteiger partial charge in [0.05, 0.1) is 17.7 Å². The number of hydrogen-bond donors (Lipinski definition) is 1. The van der Waals surface area contributed by atoms with Crippen molar-refractivity contribution in [3.63, 3.8) is 0 Å². The molecular formula is C25H30ClNO4. The molecule has 5 nitrogen and oxygen atoms in total. The second-order valence-corrected chi connectivity index (χ2v) is 7.91. The van der Waals surface area contributed by atoms with E-state index >= 15 is 0 Å². The lowest BCUT2D eigenvalue weighted by molar-refractivity contribution is -0.124.